The van der Waals surface area contributed by atoms with E-state index >= 15 is 0 Å². The van der Waals surface area contributed by atoms with Gasteiger partial charge in [0.2, 0.25) is 17.4 Å². The Morgan fingerprint density at radius 2 is 1.88 bits per heavy atom. The molecule has 0 bridgehead atoms. The Labute approximate surface area is 196 Å². The number of furan rings is 1. The van der Waals surface area contributed by atoms with Gasteiger partial charge in [-0.15, -0.1) is 0 Å². The molecule has 34 heavy (non-hydrogen) atoms. The summed E-state index contributed by atoms with van der Waals surface area (Å²) < 4.78 is 17.0. The third-order valence-corrected chi connectivity index (χ3v) is 5.27. The summed E-state index contributed by atoms with van der Waals surface area (Å²) in [5, 5.41) is 5.94. The maximum Gasteiger partial charge on any atom is 0.268 e. The van der Waals surface area contributed by atoms with E-state index in [1.165, 1.54) is 12.3 Å². The van der Waals surface area contributed by atoms with E-state index in [1.807, 2.05) is 12.1 Å². The Hall–Kier alpha value is -4.37. The van der Waals surface area contributed by atoms with E-state index in [9.17, 15) is 4.79 Å². The smallest absolute Gasteiger partial charge is 0.268 e. The van der Waals surface area contributed by atoms with Crippen LogP contribution in [0.25, 0.3) is 11.1 Å². The molecule has 1 fully saturated rings. The lowest BCUT2D eigenvalue weighted by Crippen LogP contribution is -2.36. The van der Waals surface area contributed by atoms with Crippen LogP contribution in [0.5, 0.6) is 11.6 Å². The number of morpholine rings is 1. The summed E-state index contributed by atoms with van der Waals surface area (Å²) in [6, 6.07) is 16.8. The highest BCUT2D eigenvalue weighted by Crippen LogP contribution is 2.31. The van der Waals surface area contributed by atoms with Crippen molar-refractivity contribution in [3.8, 4) is 11.6 Å². The van der Waals surface area contributed by atoms with Crippen molar-refractivity contribution < 1.29 is 18.7 Å². The molecule has 2 aromatic heterocycles. The van der Waals surface area contributed by atoms with Gasteiger partial charge >= 0.3 is 0 Å². The number of rotatable bonds is 7. The van der Waals surface area contributed by atoms with Crippen molar-refractivity contribution in [2.75, 3.05) is 41.8 Å². The summed E-state index contributed by atoms with van der Waals surface area (Å²) in [6.45, 7) is 6.70. The standard InChI is InChI=1S/C25H23N5O4/c1-2-22(31)26-18-4-3-5-20(16-18)34-24-23-21(10-13-33-23)28-25(29-24)27-17-6-8-19(9-7-17)30-11-14-32-15-12-30/h2-10,13,16H,1,11-12,14-15H2,(H,26,31)(H,27,28,29). The first kappa shape index (κ1) is 21.5. The number of benzene rings is 2. The van der Waals surface area contributed by atoms with Crippen molar-refractivity contribution in [3.05, 3.63) is 73.5 Å². The summed E-state index contributed by atoms with van der Waals surface area (Å²) >= 11 is 0. The molecule has 0 saturated carbocycles. The van der Waals surface area contributed by atoms with E-state index in [1.54, 1.807) is 30.3 Å². The van der Waals surface area contributed by atoms with E-state index in [0.717, 1.165) is 37.7 Å². The molecule has 172 valence electrons. The number of fused-ring (bicyclic) bond motifs is 1. The fourth-order valence-electron chi connectivity index (χ4n) is 3.61. The van der Waals surface area contributed by atoms with Crippen molar-refractivity contribution in [1.82, 2.24) is 9.97 Å². The fraction of sp³-hybridized carbons (Fsp3) is 0.160. The highest BCUT2D eigenvalue weighted by Gasteiger charge is 2.15. The Morgan fingerprint density at radius 3 is 2.68 bits per heavy atom. The molecule has 0 spiro atoms. The average molecular weight is 457 g/mol. The Bertz CT molecular complexity index is 1310. The van der Waals surface area contributed by atoms with Gasteiger partial charge in [-0.05, 0) is 42.5 Å². The first-order chi connectivity index (χ1) is 16.7. The maximum absolute atomic E-state index is 11.6. The molecule has 2 N–H and O–H groups in total. The monoisotopic (exact) mass is 457 g/mol. The second-order valence-corrected chi connectivity index (χ2v) is 7.58. The predicted octanol–water partition coefficient (Wildman–Crippen LogP) is 4.72. The molecule has 0 atom stereocenters. The molecule has 2 aromatic carbocycles. The van der Waals surface area contributed by atoms with Gasteiger partial charge in [0.15, 0.2) is 0 Å². The van der Waals surface area contributed by atoms with Crippen LogP contribution in [-0.4, -0.2) is 42.2 Å². The second-order valence-electron chi connectivity index (χ2n) is 7.58. The molecule has 1 amide bonds. The SMILES string of the molecule is C=CC(=O)Nc1cccc(Oc2nc(Nc3ccc(N4CCOCC4)cc3)nc3ccoc23)c1. The molecule has 1 aliphatic rings. The Kier molecular flexibility index (Phi) is 6.09. The molecule has 5 rings (SSSR count). The van der Waals surface area contributed by atoms with Crippen LogP contribution in [-0.2, 0) is 9.53 Å². The molecule has 1 saturated heterocycles. The third kappa shape index (κ3) is 4.84. The van der Waals surface area contributed by atoms with Gasteiger partial charge < -0.3 is 29.4 Å². The first-order valence-corrected chi connectivity index (χ1v) is 10.8. The number of amides is 1. The number of aromatic nitrogens is 2. The van der Waals surface area contributed by atoms with Crippen molar-refractivity contribution in [3.63, 3.8) is 0 Å². The van der Waals surface area contributed by atoms with Crippen LogP contribution < -0.4 is 20.3 Å². The van der Waals surface area contributed by atoms with Gasteiger partial charge in [-0.25, -0.2) is 4.98 Å². The van der Waals surface area contributed by atoms with Gasteiger partial charge in [0.1, 0.15) is 11.3 Å². The quantitative estimate of drug-likeness (QED) is 0.385. The molecular weight excluding hydrogens is 434 g/mol. The number of hydrogen-bond donors (Lipinski definition) is 2. The average Bonchev–Trinajstić information content (AvgIpc) is 3.34. The lowest BCUT2D eigenvalue weighted by atomic mass is 10.2. The number of nitrogens with zero attached hydrogens (tertiary/aromatic N) is 3. The summed E-state index contributed by atoms with van der Waals surface area (Å²) in [5.41, 5.74) is 3.60. The molecular formula is C25H23N5O4. The topological polar surface area (TPSA) is 102 Å². The Balaban J connectivity index is 1.36. The highest BCUT2D eigenvalue weighted by atomic mass is 16.5. The van der Waals surface area contributed by atoms with Crippen LogP contribution in [0, 0.1) is 0 Å². The molecule has 1 aliphatic heterocycles. The minimum absolute atomic E-state index is 0.259. The molecule has 9 nitrogen and oxygen atoms in total. The summed E-state index contributed by atoms with van der Waals surface area (Å²) in [5.74, 6) is 0.812. The summed E-state index contributed by atoms with van der Waals surface area (Å²) in [6.07, 6.45) is 2.74. The zero-order chi connectivity index (χ0) is 23.3. The van der Waals surface area contributed by atoms with Crippen molar-refractivity contribution in [1.29, 1.82) is 0 Å². The number of carbonyl (C=O) groups is 1. The number of hydrogen-bond acceptors (Lipinski definition) is 8. The van der Waals surface area contributed by atoms with E-state index in [-0.39, 0.29) is 11.8 Å². The number of anilines is 4. The molecule has 0 unspecified atom stereocenters. The third-order valence-electron chi connectivity index (χ3n) is 5.27. The lowest BCUT2D eigenvalue weighted by molar-refractivity contribution is -0.111. The Morgan fingerprint density at radius 1 is 1.06 bits per heavy atom. The number of ether oxygens (including phenoxy) is 2. The van der Waals surface area contributed by atoms with E-state index in [4.69, 9.17) is 13.9 Å². The lowest BCUT2D eigenvalue weighted by Gasteiger charge is -2.28. The van der Waals surface area contributed by atoms with Crippen molar-refractivity contribution in [2.45, 2.75) is 0 Å². The molecule has 0 radical (unpaired) electrons. The first-order valence-electron chi connectivity index (χ1n) is 10.8. The predicted molar refractivity (Wildman–Crippen MR) is 130 cm³/mol. The normalized spacial score (nSPS) is 13.5. The van der Waals surface area contributed by atoms with Crippen LogP contribution in [0.1, 0.15) is 0 Å². The fourth-order valence-corrected chi connectivity index (χ4v) is 3.61. The molecule has 9 heteroatoms. The van der Waals surface area contributed by atoms with E-state index < -0.39 is 0 Å². The van der Waals surface area contributed by atoms with Gasteiger partial charge in [0.05, 0.1) is 19.5 Å². The zero-order valence-corrected chi connectivity index (χ0v) is 18.4. The minimum atomic E-state index is -0.307. The van der Waals surface area contributed by atoms with Gasteiger partial charge in [-0.3, -0.25) is 4.79 Å². The maximum atomic E-state index is 11.6. The number of carbonyl (C=O) groups excluding carboxylic acids is 1. The van der Waals surface area contributed by atoms with Crippen LogP contribution in [0.2, 0.25) is 0 Å². The van der Waals surface area contributed by atoms with Crippen LogP contribution in [0.3, 0.4) is 0 Å². The van der Waals surface area contributed by atoms with Gasteiger partial charge in [0, 0.05) is 42.3 Å². The zero-order valence-electron chi connectivity index (χ0n) is 18.4. The van der Waals surface area contributed by atoms with Gasteiger partial charge in [0.25, 0.3) is 5.88 Å². The highest BCUT2D eigenvalue weighted by molar-refractivity contribution is 5.99. The van der Waals surface area contributed by atoms with Crippen LogP contribution in [0.15, 0.2) is 77.9 Å². The van der Waals surface area contributed by atoms with E-state index in [0.29, 0.717) is 28.5 Å². The molecule has 4 aromatic rings. The molecule has 3 heterocycles. The van der Waals surface area contributed by atoms with E-state index in [2.05, 4.69) is 44.2 Å². The second kappa shape index (κ2) is 9.63. The molecule has 0 aliphatic carbocycles. The summed E-state index contributed by atoms with van der Waals surface area (Å²) in [7, 11) is 0. The van der Waals surface area contributed by atoms with Gasteiger partial charge in [-0.2, -0.15) is 4.98 Å². The minimum Gasteiger partial charge on any atom is -0.457 e. The largest absolute Gasteiger partial charge is 0.457 e. The number of nitrogens with one attached hydrogen (secondary N) is 2. The van der Waals surface area contributed by atoms with Gasteiger partial charge in [-0.1, -0.05) is 12.6 Å². The van der Waals surface area contributed by atoms with Crippen LogP contribution >= 0.6 is 0 Å². The van der Waals surface area contributed by atoms with Crippen molar-refractivity contribution >= 4 is 40.0 Å². The van der Waals surface area contributed by atoms with Crippen LogP contribution in [0.4, 0.5) is 23.0 Å². The van der Waals surface area contributed by atoms with Crippen molar-refractivity contribution in [2.24, 2.45) is 0 Å². The summed E-state index contributed by atoms with van der Waals surface area (Å²) in [4.78, 5) is 22.9.